The maximum atomic E-state index is 12.6. The van der Waals surface area contributed by atoms with Crippen LogP contribution in [0.1, 0.15) is 30.8 Å². The minimum absolute atomic E-state index is 0.0566. The van der Waals surface area contributed by atoms with Crippen LogP contribution in [-0.2, 0) is 16.0 Å². The minimum Gasteiger partial charge on any atom is -0.346 e. The third kappa shape index (κ3) is 5.36. The highest BCUT2D eigenvalue weighted by molar-refractivity contribution is 7.98. The van der Waals surface area contributed by atoms with Gasteiger partial charge >= 0.3 is 0 Å². The number of nitrogens with one attached hydrogen (secondary N) is 3. The molecule has 0 aliphatic heterocycles. The molecular formula is C21H24N4O2S. The van der Waals surface area contributed by atoms with Gasteiger partial charge in [-0.3, -0.25) is 9.59 Å². The van der Waals surface area contributed by atoms with Gasteiger partial charge in [0.25, 0.3) is 0 Å². The second-order valence-corrected chi connectivity index (χ2v) is 7.58. The number of H-pyrrole nitrogens is 1. The molecule has 6 nitrogen and oxygen atoms in total. The van der Waals surface area contributed by atoms with Gasteiger partial charge in [-0.1, -0.05) is 24.3 Å². The highest BCUT2D eigenvalue weighted by Gasteiger charge is 2.18. The Kier molecular flexibility index (Phi) is 6.71. The highest BCUT2D eigenvalue weighted by atomic mass is 32.2. The Morgan fingerprint density at radius 3 is 2.57 bits per heavy atom. The molecular weight excluding hydrogens is 372 g/mol. The third-order valence-corrected chi connectivity index (χ3v) is 4.97. The molecule has 3 rings (SSSR count). The van der Waals surface area contributed by atoms with E-state index in [2.05, 4.69) is 20.6 Å². The lowest BCUT2D eigenvalue weighted by Crippen LogP contribution is -2.31. The Hall–Kier alpha value is -2.80. The van der Waals surface area contributed by atoms with Crippen molar-refractivity contribution in [1.82, 2.24) is 15.3 Å². The monoisotopic (exact) mass is 396 g/mol. The number of hydrogen-bond acceptors (Lipinski definition) is 4. The number of aromatic amines is 1. The second-order valence-electron chi connectivity index (χ2n) is 6.60. The smallest absolute Gasteiger partial charge is 0.225 e. The standard InChI is InChI=1S/C21H24N4O2S/c1-14(26)22-16-9-7-15(8-10-16)13-20(27)23-19(11-12-28-2)21-24-17-5-3-4-6-18(17)25-21/h3-10,19H,11-13H2,1-2H3,(H,22,26)(H,23,27)(H,24,25). The number of carbonyl (C=O) groups excluding carboxylic acids is 2. The number of carbonyl (C=O) groups is 2. The lowest BCUT2D eigenvalue weighted by atomic mass is 10.1. The number of para-hydroxylation sites is 2. The van der Waals surface area contributed by atoms with Crippen LogP contribution in [0.5, 0.6) is 0 Å². The summed E-state index contributed by atoms with van der Waals surface area (Å²) in [4.78, 5) is 31.7. The van der Waals surface area contributed by atoms with Gasteiger partial charge in [-0.15, -0.1) is 0 Å². The van der Waals surface area contributed by atoms with E-state index in [1.165, 1.54) is 6.92 Å². The molecule has 0 radical (unpaired) electrons. The SMILES string of the molecule is CSCCC(NC(=O)Cc1ccc(NC(C)=O)cc1)c1nc2ccccc2[nH]1. The fourth-order valence-corrected chi connectivity index (χ4v) is 3.46. The van der Waals surface area contributed by atoms with Crippen LogP contribution < -0.4 is 10.6 Å². The van der Waals surface area contributed by atoms with E-state index in [-0.39, 0.29) is 24.3 Å². The molecule has 0 spiro atoms. The van der Waals surface area contributed by atoms with E-state index in [9.17, 15) is 9.59 Å². The van der Waals surface area contributed by atoms with Crippen molar-refractivity contribution in [1.29, 1.82) is 0 Å². The van der Waals surface area contributed by atoms with Gasteiger partial charge in [-0.05, 0) is 48.3 Å². The molecule has 1 heterocycles. The van der Waals surface area contributed by atoms with Crippen LogP contribution in [0.2, 0.25) is 0 Å². The highest BCUT2D eigenvalue weighted by Crippen LogP contribution is 2.20. The number of imidazole rings is 1. The number of amides is 2. The van der Waals surface area contributed by atoms with Crippen LogP contribution in [0.4, 0.5) is 5.69 Å². The van der Waals surface area contributed by atoms with Crippen molar-refractivity contribution >= 4 is 40.3 Å². The first-order chi connectivity index (χ1) is 13.5. The van der Waals surface area contributed by atoms with E-state index in [1.807, 2.05) is 42.7 Å². The first-order valence-corrected chi connectivity index (χ1v) is 10.5. The molecule has 2 amide bonds. The van der Waals surface area contributed by atoms with Gasteiger partial charge < -0.3 is 15.6 Å². The average molecular weight is 397 g/mol. The molecule has 0 bridgehead atoms. The Morgan fingerprint density at radius 2 is 1.89 bits per heavy atom. The molecule has 1 atom stereocenters. The van der Waals surface area contributed by atoms with Gasteiger partial charge in [0.15, 0.2) is 0 Å². The largest absolute Gasteiger partial charge is 0.346 e. The lowest BCUT2D eigenvalue weighted by Gasteiger charge is -2.16. The zero-order valence-corrected chi connectivity index (χ0v) is 16.8. The van der Waals surface area contributed by atoms with Crippen LogP contribution in [-0.4, -0.2) is 33.8 Å². The molecule has 3 N–H and O–H groups in total. The van der Waals surface area contributed by atoms with E-state index in [0.717, 1.165) is 40.3 Å². The Bertz CT molecular complexity index is 919. The Morgan fingerprint density at radius 1 is 1.14 bits per heavy atom. The first-order valence-electron chi connectivity index (χ1n) is 9.14. The molecule has 0 saturated carbocycles. The van der Waals surface area contributed by atoms with E-state index in [0.29, 0.717) is 0 Å². The van der Waals surface area contributed by atoms with Gasteiger partial charge in [0.1, 0.15) is 5.82 Å². The van der Waals surface area contributed by atoms with Gasteiger partial charge in [0.2, 0.25) is 11.8 Å². The summed E-state index contributed by atoms with van der Waals surface area (Å²) in [7, 11) is 0. The molecule has 146 valence electrons. The average Bonchev–Trinajstić information content (AvgIpc) is 3.10. The maximum Gasteiger partial charge on any atom is 0.225 e. The van der Waals surface area contributed by atoms with Crippen LogP contribution >= 0.6 is 11.8 Å². The molecule has 0 saturated heterocycles. The van der Waals surface area contributed by atoms with Gasteiger partial charge in [0, 0.05) is 12.6 Å². The number of fused-ring (bicyclic) bond motifs is 1. The molecule has 28 heavy (non-hydrogen) atoms. The molecule has 1 unspecified atom stereocenters. The molecule has 0 aliphatic rings. The van der Waals surface area contributed by atoms with Crippen LogP contribution in [0.25, 0.3) is 11.0 Å². The molecule has 7 heteroatoms. The second kappa shape index (κ2) is 9.41. The predicted molar refractivity (Wildman–Crippen MR) is 114 cm³/mol. The summed E-state index contributed by atoms with van der Waals surface area (Å²) < 4.78 is 0. The van der Waals surface area contributed by atoms with E-state index in [1.54, 1.807) is 23.9 Å². The van der Waals surface area contributed by atoms with Gasteiger partial charge in [0.05, 0.1) is 23.5 Å². The number of aromatic nitrogens is 2. The third-order valence-electron chi connectivity index (χ3n) is 4.32. The first kappa shape index (κ1) is 19.9. The maximum absolute atomic E-state index is 12.6. The van der Waals surface area contributed by atoms with E-state index in [4.69, 9.17) is 0 Å². The topological polar surface area (TPSA) is 86.9 Å². The quantitative estimate of drug-likeness (QED) is 0.542. The fraction of sp³-hybridized carbons (Fsp3) is 0.286. The van der Waals surface area contributed by atoms with E-state index < -0.39 is 0 Å². The van der Waals surface area contributed by atoms with Crippen LogP contribution in [0, 0.1) is 0 Å². The van der Waals surface area contributed by atoms with Crippen molar-refractivity contribution < 1.29 is 9.59 Å². The number of rotatable bonds is 8. The molecule has 2 aromatic carbocycles. The number of thioether (sulfide) groups is 1. The normalized spacial score (nSPS) is 11.9. The molecule has 3 aromatic rings. The molecule has 0 fully saturated rings. The Balaban J connectivity index is 1.68. The minimum atomic E-state index is -0.161. The van der Waals surface area contributed by atoms with Crippen molar-refractivity contribution in [2.24, 2.45) is 0 Å². The summed E-state index contributed by atoms with van der Waals surface area (Å²) in [6, 6.07) is 15.0. The van der Waals surface area contributed by atoms with Crippen molar-refractivity contribution in [3.05, 3.63) is 59.9 Å². The van der Waals surface area contributed by atoms with Gasteiger partial charge in [-0.25, -0.2) is 4.98 Å². The summed E-state index contributed by atoms with van der Waals surface area (Å²) in [6.45, 7) is 1.47. The summed E-state index contributed by atoms with van der Waals surface area (Å²) >= 11 is 1.74. The summed E-state index contributed by atoms with van der Waals surface area (Å²) in [5, 5.41) is 5.83. The van der Waals surface area contributed by atoms with Gasteiger partial charge in [-0.2, -0.15) is 11.8 Å². The molecule has 1 aromatic heterocycles. The van der Waals surface area contributed by atoms with Crippen molar-refractivity contribution in [3.8, 4) is 0 Å². The van der Waals surface area contributed by atoms with Crippen LogP contribution in [0.3, 0.4) is 0 Å². The Labute approximate surface area is 168 Å². The summed E-state index contributed by atoms with van der Waals surface area (Å²) in [5.74, 6) is 1.53. The fourth-order valence-electron chi connectivity index (χ4n) is 2.99. The predicted octanol–water partition coefficient (Wildman–Crippen LogP) is 3.67. The zero-order valence-electron chi connectivity index (χ0n) is 16.0. The number of benzene rings is 2. The summed E-state index contributed by atoms with van der Waals surface area (Å²) in [6.07, 6.45) is 3.12. The number of nitrogens with zero attached hydrogens (tertiary/aromatic N) is 1. The van der Waals surface area contributed by atoms with Crippen molar-refractivity contribution in [2.75, 3.05) is 17.3 Å². The summed E-state index contributed by atoms with van der Waals surface area (Å²) in [5.41, 5.74) is 3.47. The van der Waals surface area contributed by atoms with Crippen molar-refractivity contribution in [3.63, 3.8) is 0 Å². The van der Waals surface area contributed by atoms with Crippen LogP contribution in [0.15, 0.2) is 48.5 Å². The zero-order chi connectivity index (χ0) is 19.9. The number of anilines is 1. The lowest BCUT2D eigenvalue weighted by molar-refractivity contribution is -0.121. The number of hydrogen-bond donors (Lipinski definition) is 3. The van der Waals surface area contributed by atoms with E-state index >= 15 is 0 Å². The molecule has 0 aliphatic carbocycles. The van der Waals surface area contributed by atoms with Crippen molar-refractivity contribution in [2.45, 2.75) is 25.8 Å².